The normalized spacial score (nSPS) is 19.4. The van der Waals surface area contributed by atoms with Crippen molar-refractivity contribution >= 4 is 27.6 Å². The van der Waals surface area contributed by atoms with E-state index in [0.29, 0.717) is 11.3 Å². The maximum atomic E-state index is 11.9. The number of nitrogens with zero attached hydrogens (tertiary/aromatic N) is 1. The number of carboxylic acids is 1. The van der Waals surface area contributed by atoms with Gasteiger partial charge in [0.2, 0.25) is 15.9 Å². The summed E-state index contributed by atoms with van der Waals surface area (Å²) < 4.78 is 22.6. The van der Waals surface area contributed by atoms with Crippen LogP contribution in [0.2, 0.25) is 0 Å². The first-order valence-corrected chi connectivity index (χ1v) is 7.46. The number of benzene rings is 1. The molecule has 1 heterocycles. The maximum Gasteiger partial charge on any atom is 0.335 e. The van der Waals surface area contributed by atoms with E-state index in [0.717, 1.165) is 0 Å². The Bertz CT molecular complexity index is 683. The molecule has 0 radical (unpaired) electrons. The molecule has 108 valence electrons. The molecule has 0 saturated carbocycles. The molecule has 1 atom stereocenters. The molecule has 1 amide bonds. The summed E-state index contributed by atoms with van der Waals surface area (Å²) in [6.07, 6.45) is -0.185. The summed E-state index contributed by atoms with van der Waals surface area (Å²) in [5.41, 5.74) is 1.09. The number of aromatic carboxylic acids is 1. The molecule has 1 unspecified atom stereocenters. The Labute approximate surface area is 116 Å². The average Bonchev–Trinajstić information content (AvgIpc) is 2.70. The molecule has 20 heavy (non-hydrogen) atoms. The number of hydrogen-bond donors (Lipinski definition) is 2. The molecule has 1 aliphatic heterocycles. The number of sulfonamides is 1. The molecule has 1 aromatic rings. The van der Waals surface area contributed by atoms with E-state index in [1.807, 2.05) is 0 Å². The first-order chi connectivity index (χ1) is 9.18. The van der Waals surface area contributed by atoms with Crippen molar-refractivity contribution in [2.24, 2.45) is 5.14 Å². The number of carbonyl (C=O) groups is 2. The molecule has 1 aliphatic rings. The number of aryl methyl sites for hydroxylation is 1. The summed E-state index contributed by atoms with van der Waals surface area (Å²) in [4.78, 5) is 24.1. The number of primary sulfonamides is 1. The van der Waals surface area contributed by atoms with Gasteiger partial charge in [0.15, 0.2) is 0 Å². The van der Waals surface area contributed by atoms with Crippen LogP contribution in [-0.2, 0) is 14.8 Å². The molecule has 3 N–H and O–H groups in total. The number of hydrogen-bond acceptors (Lipinski definition) is 4. The molecular formula is C12H14N2O5S. The van der Waals surface area contributed by atoms with Gasteiger partial charge in [0, 0.05) is 18.7 Å². The van der Waals surface area contributed by atoms with E-state index in [2.05, 4.69) is 0 Å². The predicted octanol–water partition coefficient (Wildman–Crippen LogP) is 0.0870. The monoisotopic (exact) mass is 298 g/mol. The number of amides is 1. The van der Waals surface area contributed by atoms with Crippen LogP contribution in [-0.4, -0.2) is 37.2 Å². The first kappa shape index (κ1) is 14.5. The largest absolute Gasteiger partial charge is 0.478 e. The van der Waals surface area contributed by atoms with Crippen LogP contribution in [0.4, 0.5) is 5.69 Å². The Kier molecular flexibility index (Phi) is 3.53. The summed E-state index contributed by atoms with van der Waals surface area (Å²) in [5, 5.41) is 13.1. The van der Waals surface area contributed by atoms with Crippen LogP contribution in [0.15, 0.2) is 18.2 Å². The second-order valence-electron chi connectivity index (χ2n) is 4.78. The van der Waals surface area contributed by atoms with Gasteiger partial charge in [-0.05, 0) is 30.7 Å². The van der Waals surface area contributed by atoms with Crippen LogP contribution in [0, 0.1) is 6.92 Å². The summed E-state index contributed by atoms with van der Waals surface area (Å²) in [7, 11) is -3.79. The summed E-state index contributed by atoms with van der Waals surface area (Å²) in [5.74, 6) is -1.49. The standard InChI is InChI=1S/C12H14N2O5S/c1-7-2-8(12(16)17)4-9(3-7)14-6-10(5-11(14)15)20(13,18)19/h2-4,10H,5-6H2,1H3,(H,16,17)(H2,13,18,19). The van der Waals surface area contributed by atoms with Gasteiger partial charge in [0.1, 0.15) is 5.25 Å². The van der Waals surface area contributed by atoms with Crippen LogP contribution in [0.1, 0.15) is 22.3 Å². The average molecular weight is 298 g/mol. The quantitative estimate of drug-likeness (QED) is 0.819. The smallest absolute Gasteiger partial charge is 0.335 e. The van der Waals surface area contributed by atoms with Crippen molar-refractivity contribution in [3.05, 3.63) is 29.3 Å². The van der Waals surface area contributed by atoms with Crippen LogP contribution in [0.5, 0.6) is 0 Å². The minimum atomic E-state index is -3.79. The van der Waals surface area contributed by atoms with Crippen molar-refractivity contribution in [1.82, 2.24) is 0 Å². The van der Waals surface area contributed by atoms with E-state index in [9.17, 15) is 18.0 Å². The number of carbonyl (C=O) groups excluding carboxylic acids is 1. The van der Waals surface area contributed by atoms with Gasteiger partial charge >= 0.3 is 5.97 Å². The highest BCUT2D eigenvalue weighted by Crippen LogP contribution is 2.26. The van der Waals surface area contributed by atoms with Crippen molar-refractivity contribution in [2.75, 3.05) is 11.4 Å². The zero-order valence-electron chi connectivity index (χ0n) is 10.7. The highest BCUT2D eigenvalue weighted by atomic mass is 32.2. The van der Waals surface area contributed by atoms with Crippen molar-refractivity contribution in [2.45, 2.75) is 18.6 Å². The fourth-order valence-corrected chi connectivity index (χ4v) is 2.92. The van der Waals surface area contributed by atoms with Gasteiger partial charge in [0.05, 0.1) is 5.56 Å². The molecule has 0 aromatic heterocycles. The minimum absolute atomic E-state index is 0.0480. The van der Waals surface area contributed by atoms with Gasteiger partial charge in [-0.2, -0.15) is 0 Å². The van der Waals surface area contributed by atoms with Crippen molar-refractivity contribution in [1.29, 1.82) is 0 Å². The third-order valence-electron chi connectivity index (χ3n) is 3.17. The van der Waals surface area contributed by atoms with Gasteiger partial charge < -0.3 is 10.0 Å². The molecular weight excluding hydrogens is 284 g/mol. The molecule has 1 aromatic carbocycles. The zero-order valence-corrected chi connectivity index (χ0v) is 11.6. The highest BCUT2D eigenvalue weighted by molar-refractivity contribution is 7.89. The van der Waals surface area contributed by atoms with E-state index in [1.54, 1.807) is 13.0 Å². The Morgan fingerprint density at radius 1 is 1.40 bits per heavy atom. The van der Waals surface area contributed by atoms with Gasteiger partial charge in [0.25, 0.3) is 0 Å². The molecule has 0 spiro atoms. The Morgan fingerprint density at radius 3 is 2.55 bits per heavy atom. The fraction of sp³-hybridized carbons (Fsp3) is 0.333. The fourth-order valence-electron chi connectivity index (χ4n) is 2.19. The SMILES string of the molecule is Cc1cc(C(=O)O)cc(N2CC(S(N)(=O)=O)CC2=O)c1. The van der Waals surface area contributed by atoms with Crippen molar-refractivity contribution in [3.63, 3.8) is 0 Å². The third kappa shape index (κ3) is 2.81. The number of carboxylic acid groups (broad SMARTS) is 1. The lowest BCUT2D eigenvalue weighted by molar-refractivity contribution is -0.117. The Hall–Kier alpha value is -1.93. The second-order valence-corrected chi connectivity index (χ2v) is 6.63. The van der Waals surface area contributed by atoms with E-state index in [4.69, 9.17) is 10.2 Å². The number of nitrogens with two attached hydrogens (primary N) is 1. The lowest BCUT2D eigenvalue weighted by Crippen LogP contribution is -2.32. The minimum Gasteiger partial charge on any atom is -0.478 e. The molecule has 0 bridgehead atoms. The van der Waals surface area contributed by atoms with E-state index in [1.165, 1.54) is 17.0 Å². The molecule has 1 saturated heterocycles. The van der Waals surface area contributed by atoms with E-state index < -0.39 is 21.2 Å². The maximum absolute atomic E-state index is 11.9. The molecule has 8 heteroatoms. The molecule has 0 aliphatic carbocycles. The lowest BCUT2D eigenvalue weighted by Gasteiger charge is -2.17. The highest BCUT2D eigenvalue weighted by Gasteiger charge is 2.37. The molecule has 2 rings (SSSR count). The Balaban J connectivity index is 2.38. The van der Waals surface area contributed by atoms with E-state index in [-0.39, 0.29) is 24.4 Å². The van der Waals surface area contributed by atoms with Crippen molar-refractivity contribution < 1.29 is 23.1 Å². The second kappa shape index (κ2) is 4.88. The zero-order chi connectivity index (χ0) is 15.1. The van der Waals surface area contributed by atoms with Gasteiger partial charge in [-0.15, -0.1) is 0 Å². The predicted molar refractivity (Wildman–Crippen MR) is 72.0 cm³/mol. The van der Waals surface area contributed by atoms with E-state index >= 15 is 0 Å². The van der Waals surface area contributed by atoms with Gasteiger partial charge in [-0.25, -0.2) is 18.4 Å². The van der Waals surface area contributed by atoms with Crippen LogP contribution < -0.4 is 10.0 Å². The Morgan fingerprint density at radius 2 is 2.05 bits per heavy atom. The first-order valence-electron chi connectivity index (χ1n) is 5.85. The van der Waals surface area contributed by atoms with Crippen LogP contribution in [0.3, 0.4) is 0 Å². The summed E-state index contributed by atoms with van der Waals surface area (Å²) in [6.45, 7) is 1.65. The number of rotatable bonds is 3. The lowest BCUT2D eigenvalue weighted by atomic mass is 10.1. The number of anilines is 1. The van der Waals surface area contributed by atoms with Gasteiger partial charge in [-0.3, -0.25) is 4.79 Å². The molecule has 7 nitrogen and oxygen atoms in total. The van der Waals surface area contributed by atoms with Crippen LogP contribution in [0.25, 0.3) is 0 Å². The van der Waals surface area contributed by atoms with Crippen molar-refractivity contribution in [3.8, 4) is 0 Å². The molecule has 1 fully saturated rings. The summed E-state index contributed by atoms with van der Waals surface area (Å²) >= 11 is 0. The van der Waals surface area contributed by atoms with Gasteiger partial charge in [-0.1, -0.05) is 0 Å². The topological polar surface area (TPSA) is 118 Å². The summed E-state index contributed by atoms with van der Waals surface area (Å²) in [6, 6.07) is 4.46. The van der Waals surface area contributed by atoms with Crippen LogP contribution >= 0.6 is 0 Å². The third-order valence-corrected chi connectivity index (χ3v) is 4.42.